The van der Waals surface area contributed by atoms with Crippen molar-refractivity contribution in [1.82, 2.24) is 0 Å². The number of benzene rings is 2. The number of rotatable bonds is 2. The van der Waals surface area contributed by atoms with Crippen LogP contribution in [0.15, 0.2) is 54.6 Å². The molecule has 84 valence electrons. The summed E-state index contributed by atoms with van der Waals surface area (Å²) in [7, 11) is 0. The Morgan fingerprint density at radius 2 is 1.31 bits per heavy atom. The summed E-state index contributed by atoms with van der Waals surface area (Å²) in [5.74, 6) is 0. The molecular weight excluding hydrogens is 218 g/mol. The maximum atomic E-state index is 6.17. The second kappa shape index (κ2) is 5.69. The summed E-state index contributed by atoms with van der Waals surface area (Å²) in [6.45, 7) is 2.08. The van der Waals surface area contributed by atoms with Crippen LogP contribution in [-0.4, -0.2) is 0 Å². The molecule has 0 aromatic heterocycles. The van der Waals surface area contributed by atoms with Gasteiger partial charge in [-0.2, -0.15) is 0 Å². The number of aryl methyl sites for hydroxylation is 1. The quantitative estimate of drug-likeness (QED) is 0.845. The van der Waals surface area contributed by atoms with E-state index in [9.17, 15) is 0 Å². The number of halogens is 1. The molecule has 2 aromatic carbocycles. The van der Waals surface area contributed by atoms with Crippen molar-refractivity contribution in [1.29, 1.82) is 0 Å². The van der Waals surface area contributed by atoms with Crippen molar-refractivity contribution in [2.24, 2.45) is 5.73 Å². The fraction of sp³-hybridized carbons (Fsp3) is 0.143. The molecule has 0 fully saturated rings. The lowest BCUT2D eigenvalue weighted by molar-refractivity contribution is 0.871. The Morgan fingerprint density at radius 1 is 0.812 bits per heavy atom. The molecule has 1 nitrogen and oxygen atoms in total. The summed E-state index contributed by atoms with van der Waals surface area (Å²) >= 11 is 0. The normalized spacial score (nSPS) is 11.6. The van der Waals surface area contributed by atoms with Gasteiger partial charge in [-0.1, -0.05) is 60.2 Å². The Kier molecular flexibility index (Phi) is 4.53. The first-order valence-corrected chi connectivity index (χ1v) is 5.14. The smallest absolute Gasteiger partial charge is 0.0551 e. The second-order valence-corrected chi connectivity index (χ2v) is 3.80. The van der Waals surface area contributed by atoms with Crippen LogP contribution >= 0.6 is 12.4 Å². The number of nitrogens with two attached hydrogens (primary N) is 1. The molecule has 2 aromatic rings. The van der Waals surface area contributed by atoms with Crippen LogP contribution in [0.25, 0.3) is 0 Å². The topological polar surface area (TPSA) is 26.0 Å². The molecule has 0 spiro atoms. The molecule has 0 unspecified atom stereocenters. The molecule has 0 saturated carbocycles. The van der Waals surface area contributed by atoms with E-state index in [-0.39, 0.29) is 18.4 Å². The van der Waals surface area contributed by atoms with Gasteiger partial charge in [0.25, 0.3) is 0 Å². The van der Waals surface area contributed by atoms with Crippen molar-refractivity contribution >= 4 is 12.4 Å². The minimum atomic E-state index is -0.0215. The third-order valence-corrected chi connectivity index (χ3v) is 2.60. The van der Waals surface area contributed by atoms with Crippen LogP contribution in [0, 0.1) is 6.92 Å². The highest BCUT2D eigenvalue weighted by atomic mass is 35.5. The molecule has 0 radical (unpaired) electrons. The molecule has 2 N–H and O–H groups in total. The fourth-order valence-electron chi connectivity index (χ4n) is 1.63. The highest BCUT2D eigenvalue weighted by molar-refractivity contribution is 5.85. The van der Waals surface area contributed by atoms with E-state index in [1.807, 2.05) is 18.2 Å². The van der Waals surface area contributed by atoms with Gasteiger partial charge in [0.2, 0.25) is 0 Å². The largest absolute Gasteiger partial charge is 0.320 e. The van der Waals surface area contributed by atoms with Crippen LogP contribution in [0.5, 0.6) is 0 Å². The summed E-state index contributed by atoms with van der Waals surface area (Å²) in [5, 5.41) is 0. The van der Waals surface area contributed by atoms with E-state index in [0.717, 1.165) is 11.1 Å². The van der Waals surface area contributed by atoms with Crippen molar-refractivity contribution in [2.75, 3.05) is 0 Å². The van der Waals surface area contributed by atoms with Gasteiger partial charge in [0, 0.05) is 0 Å². The van der Waals surface area contributed by atoms with E-state index in [1.54, 1.807) is 0 Å². The molecular formula is C14H16ClN. The SMILES string of the molecule is Cc1ccc([C@H](N)c2ccccc2)cc1.Cl. The Morgan fingerprint density at radius 3 is 1.88 bits per heavy atom. The van der Waals surface area contributed by atoms with Gasteiger partial charge in [-0.25, -0.2) is 0 Å². The Balaban J connectivity index is 0.00000128. The summed E-state index contributed by atoms with van der Waals surface area (Å²) in [6.07, 6.45) is 0. The second-order valence-electron chi connectivity index (χ2n) is 3.80. The lowest BCUT2D eigenvalue weighted by atomic mass is 9.99. The first-order valence-electron chi connectivity index (χ1n) is 5.14. The first-order chi connectivity index (χ1) is 7.27. The predicted octanol–water partition coefficient (Wildman–Crippen LogP) is 3.46. The van der Waals surface area contributed by atoms with E-state index in [0.29, 0.717) is 0 Å². The van der Waals surface area contributed by atoms with Gasteiger partial charge in [-0.05, 0) is 18.1 Å². The van der Waals surface area contributed by atoms with Crippen LogP contribution in [-0.2, 0) is 0 Å². The molecule has 0 aliphatic rings. The van der Waals surface area contributed by atoms with E-state index in [1.165, 1.54) is 5.56 Å². The molecule has 2 rings (SSSR count). The molecule has 2 heteroatoms. The van der Waals surface area contributed by atoms with Crippen molar-refractivity contribution in [3.63, 3.8) is 0 Å². The third-order valence-electron chi connectivity index (χ3n) is 2.60. The van der Waals surface area contributed by atoms with Crippen LogP contribution in [0.4, 0.5) is 0 Å². The van der Waals surface area contributed by atoms with Crippen molar-refractivity contribution in [3.05, 3.63) is 71.3 Å². The summed E-state index contributed by atoms with van der Waals surface area (Å²) in [5.41, 5.74) is 9.74. The minimum absolute atomic E-state index is 0. The maximum absolute atomic E-state index is 6.17. The van der Waals surface area contributed by atoms with Crippen molar-refractivity contribution < 1.29 is 0 Å². The summed E-state index contributed by atoms with van der Waals surface area (Å²) in [4.78, 5) is 0. The monoisotopic (exact) mass is 233 g/mol. The molecule has 0 heterocycles. The van der Waals surface area contributed by atoms with Gasteiger partial charge in [0.05, 0.1) is 6.04 Å². The molecule has 16 heavy (non-hydrogen) atoms. The van der Waals surface area contributed by atoms with Gasteiger partial charge in [0.1, 0.15) is 0 Å². The van der Waals surface area contributed by atoms with Gasteiger partial charge >= 0.3 is 0 Å². The van der Waals surface area contributed by atoms with Crippen molar-refractivity contribution in [3.8, 4) is 0 Å². The first kappa shape index (κ1) is 12.8. The van der Waals surface area contributed by atoms with Crippen LogP contribution in [0.2, 0.25) is 0 Å². The van der Waals surface area contributed by atoms with Crippen LogP contribution < -0.4 is 5.73 Å². The summed E-state index contributed by atoms with van der Waals surface area (Å²) < 4.78 is 0. The molecule has 0 saturated heterocycles. The fourth-order valence-corrected chi connectivity index (χ4v) is 1.63. The highest BCUT2D eigenvalue weighted by Crippen LogP contribution is 2.19. The third kappa shape index (κ3) is 2.84. The van der Waals surface area contributed by atoms with E-state index < -0.39 is 0 Å². The lowest BCUT2D eigenvalue weighted by Crippen LogP contribution is -2.11. The van der Waals surface area contributed by atoms with Crippen molar-refractivity contribution in [2.45, 2.75) is 13.0 Å². The van der Waals surface area contributed by atoms with Crippen LogP contribution in [0.3, 0.4) is 0 Å². The average Bonchev–Trinajstić information content (AvgIpc) is 2.30. The van der Waals surface area contributed by atoms with Gasteiger partial charge in [-0.15, -0.1) is 12.4 Å². The number of hydrogen-bond donors (Lipinski definition) is 1. The minimum Gasteiger partial charge on any atom is -0.320 e. The zero-order chi connectivity index (χ0) is 10.7. The van der Waals surface area contributed by atoms with E-state index >= 15 is 0 Å². The van der Waals surface area contributed by atoms with Crippen LogP contribution in [0.1, 0.15) is 22.7 Å². The van der Waals surface area contributed by atoms with Gasteiger partial charge in [0.15, 0.2) is 0 Å². The van der Waals surface area contributed by atoms with Gasteiger partial charge in [-0.3, -0.25) is 0 Å². The van der Waals surface area contributed by atoms with Gasteiger partial charge < -0.3 is 5.73 Å². The molecule has 1 atom stereocenters. The zero-order valence-electron chi connectivity index (χ0n) is 9.26. The molecule has 0 aliphatic heterocycles. The Labute approximate surface area is 103 Å². The summed E-state index contributed by atoms with van der Waals surface area (Å²) in [6, 6.07) is 18.5. The Hall–Kier alpha value is -1.31. The molecule has 0 bridgehead atoms. The average molecular weight is 234 g/mol. The predicted molar refractivity (Wildman–Crippen MR) is 70.9 cm³/mol. The van der Waals surface area contributed by atoms with E-state index in [4.69, 9.17) is 5.73 Å². The molecule has 0 amide bonds. The highest BCUT2D eigenvalue weighted by Gasteiger charge is 2.06. The number of hydrogen-bond acceptors (Lipinski definition) is 1. The molecule has 0 aliphatic carbocycles. The standard InChI is InChI=1S/C14H15N.ClH/c1-11-7-9-13(10-8-11)14(15)12-5-3-2-4-6-12;/h2-10,14H,15H2,1H3;1H/t14-;/m1./s1. The Bertz CT molecular complexity index is 422. The van der Waals surface area contributed by atoms with E-state index in [2.05, 4.69) is 43.3 Å². The zero-order valence-corrected chi connectivity index (χ0v) is 10.1. The lowest BCUT2D eigenvalue weighted by Gasteiger charge is -2.12. The maximum Gasteiger partial charge on any atom is 0.0551 e.